The summed E-state index contributed by atoms with van der Waals surface area (Å²) < 4.78 is 5.19. The summed E-state index contributed by atoms with van der Waals surface area (Å²) in [6, 6.07) is 9.84. The standard InChI is InChI=1S/C14H21N3O2/c15-7-9-17-8-6-13(10-17)16-14(18)19-11-12-4-2-1-3-5-12/h1-5,13H,6-11,15H2,(H,16,18). The second-order valence-corrected chi connectivity index (χ2v) is 4.78. The average Bonchev–Trinajstić information content (AvgIpc) is 2.85. The average molecular weight is 263 g/mol. The number of likely N-dealkylation sites (tertiary alicyclic amines) is 1. The van der Waals surface area contributed by atoms with Crippen molar-refractivity contribution >= 4 is 6.09 Å². The minimum absolute atomic E-state index is 0.176. The Kier molecular flexibility index (Phi) is 5.18. The van der Waals surface area contributed by atoms with E-state index in [1.54, 1.807) is 0 Å². The van der Waals surface area contributed by atoms with E-state index in [-0.39, 0.29) is 12.1 Å². The van der Waals surface area contributed by atoms with E-state index in [2.05, 4.69) is 10.2 Å². The molecule has 1 aliphatic heterocycles. The molecule has 0 aromatic heterocycles. The number of carbonyl (C=O) groups is 1. The topological polar surface area (TPSA) is 67.6 Å². The molecule has 0 bridgehead atoms. The summed E-state index contributed by atoms with van der Waals surface area (Å²) in [6.07, 6.45) is 0.615. The molecule has 1 atom stereocenters. The Morgan fingerprint density at radius 2 is 2.21 bits per heavy atom. The molecule has 0 radical (unpaired) electrons. The Bertz CT molecular complexity index is 397. The van der Waals surface area contributed by atoms with Crippen LogP contribution in [0.3, 0.4) is 0 Å². The van der Waals surface area contributed by atoms with Crippen LogP contribution in [0, 0.1) is 0 Å². The molecule has 19 heavy (non-hydrogen) atoms. The number of nitrogens with two attached hydrogens (primary N) is 1. The first-order chi connectivity index (χ1) is 9.28. The molecule has 1 aliphatic rings. The van der Waals surface area contributed by atoms with Gasteiger partial charge in [-0.1, -0.05) is 30.3 Å². The number of benzene rings is 1. The van der Waals surface area contributed by atoms with Gasteiger partial charge in [-0.3, -0.25) is 4.90 Å². The van der Waals surface area contributed by atoms with Gasteiger partial charge in [-0.15, -0.1) is 0 Å². The second-order valence-electron chi connectivity index (χ2n) is 4.78. The molecular weight excluding hydrogens is 242 g/mol. The third kappa shape index (κ3) is 4.54. The summed E-state index contributed by atoms with van der Waals surface area (Å²) in [4.78, 5) is 13.9. The van der Waals surface area contributed by atoms with E-state index in [0.717, 1.165) is 31.6 Å². The van der Waals surface area contributed by atoms with E-state index < -0.39 is 0 Å². The lowest BCUT2D eigenvalue weighted by molar-refractivity contribution is 0.135. The van der Waals surface area contributed by atoms with E-state index in [4.69, 9.17) is 10.5 Å². The number of nitrogens with one attached hydrogen (secondary N) is 1. The molecule has 5 heteroatoms. The van der Waals surface area contributed by atoms with Gasteiger partial charge in [0.1, 0.15) is 6.61 Å². The van der Waals surface area contributed by atoms with Gasteiger partial charge in [-0.25, -0.2) is 4.79 Å². The molecule has 1 unspecified atom stereocenters. The van der Waals surface area contributed by atoms with E-state index in [1.165, 1.54) is 0 Å². The molecule has 0 aliphatic carbocycles. The molecule has 1 fully saturated rings. The van der Waals surface area contributed by atoms with Gasteiger partial charge in [0.05, 0.1) is 0 Å². The molecule has 1 heterocycles. The minimum atomic E-state index is -0.344. The summed E-state index contributed by atoms with van der Waals surface area (Å²) in [5.41, 5.74) is 6.51. The predicted octanol–water partition coefficient (Wildman–Crippen LogP) is 0.946. The zero-order chi connectivity index (χ0) is 13.5. The lowest BCUT2D eigenvalue weighted by Crippen LogP contribution is -2.38. The number of hydrogen-bond donors (Lipinski definition) is 2. The van der Waals surface area contributed by atoms with E-state index in [0.29, 0.717) is 13.2 Å². The largest absolute Gasteiger partial charge is 0.445 e. The van der Waals surface area contributed by atoms with Crippen molar-refractivity contribution in [1.29, 1.82) is 0 Å². The van der Waals surface area contributed by atoms with Crippen molar-refractivity contribution < 1.29 is 9.53 Å². The third-order valence-electron chi connectivity index (χ3n) is 3.25. The molecule has 1 saturated heterocycles. The van der Waals surface area contributed by atoms with Crippen molar-refractivity contribution in [3.05, 3.63) is 35.9 Å². The lowest BCUT2D eigenvalue weighted by Gasteiger charge is -2.15. The Labute approximate surface area is 113 Å². The van der Waals surface area contributed by atoms with E-state index >= 15 is 0 Å². The van der Waals surface area contributed by atoms with Crippen LogP contribution in [0.1, 0.15) is 12.0 Å². The quantitative estimate of drug-likeness (QED) is 0.830. The number of amides is 1. The highest BCUT2D eigenvalue weighted by Gasteiger charge is 2.23. The Hall–Kier alpha value is -1.59. The fourth-order valence-electron chi connectivity index (χ4n) is 2.27. The first kappa shape index (κ1) is 13.8. The van der Waals surface area contributed by atoms with Crippen molar-refractivity contribution in [1.82, 2.24) is 10.2 Å². The highest BCUT2D eigenvalue weighted by molar-refractivity contribution is 5.67. The first-order valence-corrected chi connectivity index (χ1v) is 6.67. The van der Waals surface area contributed by atoms with Gasteiger partial charge >= 0.3 is 6.09 Å². The molecule has 104 valence electrons. The van der Waals surface area contributed by atoms with Crippen LogP contribution >= 0.6 is 0 Å². The van der Waals surface area contributed by atoms with Crippen LogP contribution in [0.15, 0.2) is 30.3 Å². The molecule has 1 aromatic carbocycles. The van der Waals surface area contributed by atoms with Gasteiger partial charge in [0.2, 0.25) is 0 Å². The maximum atomic E-state index is 11.7. The van der Waals surface area contributed by atoms with Crippen molar-refractivity contribution in [2.45, 2.75) is 19.1 Å². The van der Waals surface area contributed by atoms with Gasteiger partial charge in [0, 0.05) is 32.2 Å². The summed E-state index contributed by atoms with van der Waals surface area (Å²) >= 11 is 0. The summed E-state index contributed by atoms with van der Waals surface area (Å²) in [5.74, 6) is 0. The van der Waals surface area contributed by atoms with Crippen LogP contribution in [0.25, 0.3) is 0 Å². The van der Waals surface area contributed by atoms with Crippen LogP contribution in [0.4, 0.5) is 4.79 Å². The Balaban J connectivity index is 1.68. The predicted molar refractivity (Wildman–Crippen MR) is 73.7 cm³/mol. The van der Waals surface area contributed by atoms with Gasteiger partial charge in [0.15, 0.2) is 0 Å². The molecule has 0 spiro atoms. The highest BCUT2D eigenvalue weighted by atomic mass is 16.5. The highest BCUT2D eigenvalue weighted by Crippen LogP contribution is 2.08. The molecule has 1 amide bonds. The number of ether oxygens (including phenoxy) is 1. The maximum absolute atomic E-state index is 11.7. The molecule has 1 aromatic rings. The summed E-state index contributed by atoms with van der Waals surface area (Å²) in [7, 11) is 0. The molecule has 2 rings (SSSR count). The molecule has 0 saturated carbocycles. The van der Waals surface area contributed by atoms with E-state index in [9.17, 15) is 4.79 Å². The zero-order valence-corrected chi connectivity index (χ0v) is 11.0. The molecule has 3 N–H and O–H groups in total. The normalized spacial score (nSPS) is 19.3. The van der Waals surface area contributed by atoms with Crippen LogP contribution in [0.5, 0.6) is 0 Å². The SMILES string of the molecule is NCCN1CCC(NC(=O)OCc2ccccc2)C1. The van der Waals surface area contributed by atoms with Crippen molar-refractivity contribution in [3.63, 3.8) is 0 Å². The zero-order valence-electron chi connectivity index (χ0n) is 11.0. The van der Waals surface area contributed by atoms with Gasteiger partial charge in [0.25, 0.3) is 0 Å². The van der Waals surface area contributed by atoms with Crippen LogP contribution in [-0.4, -0.2) is 43.2 Å². The Morgan fingerprint density at radius 1 is 1.42 bits per heavy atom. The summed E-state index contributed by atoms with van der Waals surface area (Å²) in [6.45, 7) is 3.70. The smallest absolute Gasteiger partial charge is 0.407 e. The van der Waals surface area contributed by atoms with Crippen molar-refractivity contribution in [2.75, 3.05) is 26.2 Å². The van der Waals surface area contributed by atoms with Gasteiger partial charge in [-0.05, 0) is 12.0 Å². The molecule has 5 nitrogen and oxygen atoms in total. The van der Waals surface area contributed by atoms with Crippen LogP contribution in [0.2, 0.25) is 0 Å². The number of alkyl carbamates (subject to hydrolysis) is 1. The second kappa shape index (κ2) is 7.11. The maximum Gasteiger partial charge on any atom is 0.407 e. The van der Waals surface area contributed by atoms with Crippen molar-refractivity contribution in [2.24, 2.45) is 5.73 Å². The fraction of sp³-hybridized carbons (Fsp3) is 0.500. The monoisotopic (exact) mass is 263 g/mol. The number of carbonyl (C=O) groups excluding carboxylic acids is 1. The van der Waals surface area contributed by atoms with Crippen molar-refractivity contribution in [3.8, 4) is 0 Å². The number of rotatable bonds is 5. The summed E-state index contributed by atoms with van der Waals surface area (Å²) in [5, 5.41) is 2.89. The van der Waals surface area contributed by atoms with E-state index in [1.807, 2.05) is 30.3 Å². The third-order valence-corrected chi connectivity index (χ3v) is 3.25. The fourth-order valence-corrected chi connectivity index (χ4v) is 2.27. The minimum Gasteiger partial charge on any atom is -0.445 e. The lowest BCUT2D eigenvalue weighted by atomic mass is 10.2. The Morgan fingerprint density at radius 3 is 2.95 bits per heavy atom. The van der Waals surface area contributed by atoms with Crippen LogP contribution < -0.4 is 11.1 Å². The van der Waals surface area contributed by atoms with Crippen LogP contribution in [-0.2, 0) is 11.3 Å². The van der Waals surface area contributed by atoms with Gasteiger partial charge < -0.3 is 15.8 Å². The molecular formula is C14H21N3O2. The number of hydrogen-bond acceptors (Lipinski definition) is 4. The number of nitrogens with zero attached hydrogens (tertiary/aromatic N) is 1. The first-order valence-electron chi connectivity index (χ1n) is 6.67. The van der Waals surface area contributed by atoms with Gasteiger partial charge in [-0.2, -0.15) is 0 Å².